The van der Waals surface area contributed by atoms with Gasteiger partial charge in [-0.15, -0.1) is 0 Å². The van der Waals surface area contributed by atoms with Gasteiger partial charge in [-0.25, -0.2) is 0 Å². The molecule has 0 N–H and O–H groups in total. The fraction of sp³-hybridized carbons (Fsp3) is 0. The molecule has 0 bridgehead atoms. The molecule has 0 aliphatic heterocycles. The lowest BCUT2D eigenvalue weighted by molar-refractivity contribution is 1.28. The second kappa shape index (κ2) is 4.80. The second-order valence-electron chi connectivity index (χ2n) is 4.01. The summed E-state index contributed by atoms with van der Waals surface area (Å²) in [5.41, 5.74) is 4.10. The molecule has 0 aliphatic carbocycles. The molecule has 0 saturated carbocycles. The van der Waals surface area contributed by atoms with E-state index in [4.69, 9.17) is 0 Å². The Labute approximate surface area is 106 Å². The normalized spacial score (nSPS) is 10.2. The van der Waals surface area contributed by atoms with Gasteiger partial charge in [0.05, 0.1) is 11.4 Å². The minimum absolute atomic E-state index is 0.949. The van der Waals surface area contributed by atoms with Crippen LogP contribution in [0.5, 0.6) is 0 Å². The number of rotatable bonds is 2. The van der Waals surface area contributed by atoms with E-state index in [0.29, 0.717) is 0 Å². The van der Waals surface area contributed by atoms with Gasteiger partial charge < -0.3 is 0 Å². The SMILES string of the molecule is c1ccc(-c2ccc(-c3ccccn3)cn2)cc1. The number of pyridine rings is 2. The Kier molecular flexibility index (Phi) is 2.84. The van der Waals surface area contributed by atoms with Gasteiger partial charge >= 0.3 is 0 Å². The van der Waals surface area contributed by atoms with Crippen LogP contribution < -0.4 is 0 Å². The molecule has 0 amide bonds. The molecule has 0 spiro atoms. The summed E-state index contributed by atoms with van der Waals surface area (Å²) in [7, 11) is 0. The Hall–Kier alpha value is -2.48. The first-order valence-electron chi connectivity index (χ1n) is 5.86. The van der Waals surface area contributed by atoms with E-state index in [-0.39, 0.29) is 0 Å². The molecule has 0 fully saturated rings. The van der Waals surface area contributed by atoms with Crippen molar-refractivity contribution in [3.05, 3.63) is 73.1 Å². The summed E-state index contributed by atoms with van der Waals surface area (Å²) in [5, 5.41) is 0. The van der Waals surface area contributed by atoms with Crippen LogP contribution in [0.2, 0.25) is 0 Å². The van der Waals surface area contributed by atoms with E-state index in [0.717, 1.165) is 22.5 Å². The van der Waals surface area contributed by atoms with Gasteiger partial charge in [0.1, 0.15) is 0 Å². The average molecular weight is 232 g/mol. The third kappa shape index (κ3) is 2.13. The molecule has 0 unspecified atom stereocenters. The van der Waals surface area contributed by atoms with Gasteiger partial charge in [-0.05, 0) is 24.3 Å². The molecular formula is C16H12N2. The maximum absolute atomic E-state index is 4.49. The van der Waals surface area contributed by atoms with E-state index in [9.17, 15) is 0 Å². The number of hydrogen-bond donors (Lipinski definition) is 0. The van der Waals surface area contributed by atoms with Crippen molar-refractivity contribution in [2.24, 2.45) is 0 Å². The van der Waals surface area contributed by atoms with Gasteiger partial charge in [0.15, 0.2) is 0 Å². The molecule has 0 aliphatic rings. The summed E-state index contributed by atoms with van der Waals surface area (Å²) in [6.07, 6.45) is 3.66. The Morgan fingerprint density at radius 3 is 2.00 bits per heavy atom. The van der Waals surface area contributed by atoms with Crippen LogP contribution in [-0.2, 0) is 0 Å². The van der Waals surface area contributed by atoms with Crippen LogP contribution in [0.1, 0.15) is 0 Å². The van der Waals surface area contributed by atoms with Crippen LogP contribution in [0.3, 0.4) is 0 Å². The number of aromatic nitrogens is 2. The van der Waals surface area contributed by atoms with Gasteiger partial charge in [0, 0.05) is 23.5 Å². The fourth-order valence-corrected chi connectivity index (χ4v) is 1.86. The van der Waals surface area contributed by atoms with Gasteiger partial charge in [-0.2, -0.15) is 0 Å². The fourth-order valence-electron chi connectivity index (χ4n) is 1.86. The highest BCUT2D eigenvalue weighted by molar-refractivity contribution is 5.64. The number of nitrogens with zero attached hydrogens (tertiary/aromatic N) is 2. The van der Waals surface area contributed by atoms with Crippen LogP contribution in [0.4, 0.5) is 0 Å². The van der Waals surface area contributed by atoms with Crippen LogP contribution in [0.15, 0.2) is 73.1 Å². The lowest BCUT2D eigenvalue weighted by Gasteiger charge is -2.03. The van der Waals surface area contributed by atoms with Crippen molar-refractivity contribution in [2.45, 2.75) is 0 Å². The maximum Gasteiger partial charge on any atom is 0.0717 e. The standard InChI is InChI=1S/C16H12N2/c1-2-6-13(7-3-1)16-10-9-14(12-18-16)15-8-4-5-11-17-15/h1-12H. The van der Waals surface area contributed by atoms with E-state index in [2.05, 4.69) is 28.2 Å². The first-order chi connectivity index (χ1) is 8.93. The first-order valence-corrected chi connectivity index (χ1v) is 5.86. The van der Waals surface area contributed by atoms with Crippen LogP contribution in [-0.4, -0.2) is 9.97 Å². The molecule has 3 aromatic rings. The lowest BCUT2D eigenvalue weighted by atomic mass is 10.1. The van der Waals surface area contributed by atoms with E-state index < -0.39 is 0 Å². The molecular weight excluding hydrogens is 220 g/mol. The van der Waals surface area contributed by atoms with E-state index in [1.54, 1.807) is 6.20 Å². The highest BCUT2D eigenvalue weighted by Gasteiger charge is 2.01. The van der Waals surface area contributed by atoms with Crippen molar-refractivity contribution in [2.75, 3.05) is 0 Å². The molecule has 0 radical (unpaired) electrons. The molecule has 2 heteroatoms. The summed E-state index contributed by atoms with van der Waals surface area (Å²) >= 11 is 0. The summed E-state index contributed by atoms with van der Waals surface area (Å²) in [6, 6.07) is 20.1. The molecule has 3 rings (SSSR count). The predicted octanol–water partition coefficient (Wildman–Crippen LogP) is 3.81. The highest BCUT2D eigenvalue weighted by Crippen LogP contribution is 2.20. The monoisotopic (exact) mass is 232 g/mol. The van der Waals surface area contributed by atoms with Crippen LogP contribution in [0, 0.1) is 0 Å². The third-order valence-corrected chi connectivity index (χ3v) is 2.79. The smallest absolute Gasteiger partial charge is 0.0717 e. The molecule has 1 aromatic carbocycles. The summed E-state index contributed by atoms with van der Waals surface area (Å²) < 4.78 is 0. The van der Waals surface area contributed by atoms with Crippen molar-refractivity contribution in [3.63, 3.8) is 0 Å². The van der Waals surface area contributed by atoms with Gasteiger partial charge in [0.25, 0.3) is 0 Å². The zero-order valence-corrected chi connectivity index (χ0v) is 9.82. The molecule has 18 heavy (non-hydrogen) atoms. The molecule has 2 heterocycles. The number of benzene rings is 1. The van der Waals surface area contributed by atoms with Crippen LogP contribution >= 0.6 is 0 Å². The van der Waals surface area contributed by atoms with Crippen molar-refractivity contribution in [1.29, 1.82) is 0 Å². The summed E-state index contributed by atoms with van der Waals surface area (Å²) in [5.74, 6) is 0. The minimum Gasteiger partial charge on any atom is -0.256 e. The van der Waals surface area contributed by atoms with Gasteiger partial charge in [-0.1, -0.05) is 36.4 Å². The summed E-state index contributed by atoms with van der Waals surface area (Å²) in [6.45, 7) is 0. The molecule has 2 aromatic heterocycles. The zero-order valence-electron chi connectivity index (χ0n) is 9.82. The Bertz CT molecular complexity index is 558. The highest BCUT2D eigenvalue weighted by atomic mass is 14.7. The Balaban J connectivity index is 1.95. The van der Waals surface area contributed by atoms with E-state index in [1.165, 1.54) is 0 Å². The largest absolute Gasteiger partial charge is 0.256 e. The van der Waals surface area contributed by atoms with Gasteiger partial charge in [-0.3, -0.25) is 9.97 Å². The zero-order chi connectivity index (χ0) is 12.2. The Morgan fingerprint density at radius 2 is 1.33 bits per heavy atom. The second-order valence-corrected chi connectivity index (χ2v) is 4.01. The molecule has 86 valence electrons. The topological polar surface area (TPSA) is 25.8 Å². The number of hydrogen-bond acceptors (Lipinski definition) is 2. The lowest BCUT2D eigenvalue weighted by Crippen LogP contribution is -1.86. The van der Waals surface area contributed by atoms with Crippen molar-refractivity contribution in [1.82, 2.24) is 9.97 Å². The summed E-state index contributed by atoms with van der Waals surface area (Å²) in [4.78, 5) is 8.80. The van der Waals surface area contributed by atoms with Crippen LogP contribution in [0.25, 0.3) is 22.5 Å². The average Bonchev–Trinajstić information content (AvgIpc) is 2.49. The van der Waals surface area contributed by atoms with Crippen molar-refractivity contribution >= 4 is 0 Å². The predicted molar refractivity (Wildman–Crippen MR) is 72.9 cm³/mol. The molecule has 0 saturated heterocycles. The minimum atomic E-state index is 0.949. The van der Waals surface area contributed by atoms with Crippen molar-refractivity contribution in [3.8, 4) is 22.5 Å². The molecule has 0 atom stereocenters. The van der Waals surface area contributed by atoms with E-state index in [1.807, 2.05) is 48.7 Å². The maximum atomic E-state index is 4.49. The third-order valence-electron chi connectivity index (χ3n) is 2.79. The first kappa shape index (κ1) is 10.7. The Morgan fingerprint density at radius 1 is 0.556 bits per heavy atom. The van der Waals surface area contributed by atoms with Crippen molar-refractivity contribution < 1.29 is 0 Å². The quantitative estimate of drug-likeness (QED) is 0.671. The molecule has 2 nitrogen and oxygen atoms in total. The van der Waals surface area contributed by atoms with E-state index >= 15 is 0 Å². The van der Waals surface area contributed by atoms with Gasteiger partial charge in [0.2, 0.25) is 0 Å².